The molecular formula is C22H43FO2Si. The first-order valence-corrected chi connectivity index (χ1v) is 14.0. The Morgan fingerprint density at radius 1 is 0.885 bits per heavy atom. The maximum atomic E-state index is 13.4. The molecule has 0 aromatic heterocycles. The summed E-state index contributed by atoms with van der Waals surface area (Å²) in [5.74, 6) is -0.317. The molecule has 0 saturated carbocycles. The van der Waals surface area contributed by atoms with E-state index < -0.39 is 8.41 Å². The van der Waals surface area contributed by atoms with Crippen LogP contribution in [-0.4, -0.2) is 20.5 Å². The second-order valence-electron chi connectivity index (χ2n) is 8.31. The third-order valence-electron chi connectivity index (χ3n) is 4.87. The molecule has 0 N–H and O–H groups in total. The molecule has 0 aliphatic carbocycles. The van der Waals surface area contributed by atoms with Crippen LogP contribution in [0, 0.1) is 0 Å². The molecule has 0 amide bonds. The van der Waals surface area contributed by atoms with E-state index in [-0.39, 0.29) is 12.1 Å². The maximum Gasteiger partial charge on any atom is 0.330 e. The fraction of sp³-hybridized carbons (Fsp3) is 0.864. The number of halogens is 1. The van der Waals surface area contributed by atoms with E-state index in [1.807, 2.05) is 20.0 Å². The number of carbonyl (C=O) groups excluding carboxylic acids is 1. The number of rotatable bonds is 18. The molecule has 0 aliphatic heterocycles. The molecule has 0 radical (unpaired) electrons. The second kappa shape index (κ2) is 16.5. The van der Waals surface area contributed by atoms with Crippen LogP contribution in [0.1, 0.15) is 96.8 Å². The first-order chi connectivity index (χ1) is 12.3. The topological polar surface area (TPSA) is 26.3 Å². The van der Waals surface area contributed by atoms with Crippen molar-refractivity contribution in [2.45, 2.75) is 122 Å². The van der Waals surface area contributed by atoms with E-state index in [1.54, 1.807) is 0 Å². The Bertz CT molecular complexity index is 353. The van der Waals surface area contributed by atoms with E-state index in [4.69, 9.17) is 4.74 Å². The Kier molecular flexibility index (Phi) is 16.1. The predicted octanol–water partition coefficient (Wildman–Crippen LogP) is 7.74. The number of hydrogen-bond donors (Lipinski definition) is 0. The molecule has 4 heteroatoms. The van der Waals surface area contributed by atoms with Gasteiger partial charge in [-0.3, -0.25) is 0 Å². The number of hydrogen-bond acceptors (Lipinski definition) is 2. The van der Waals surface area contributed by atoms with Crippen molar-refractivity contribution in [3.05, 3.63) is 12.7 Å². The fourth-order valence-electron chi connectivity index (χ4n) is 3.23. The van der Waals surface area contributed by atoms with Crippen LogP contribution in [0.4, 0.5) is 4.11 Å². The van der Waals surface area contributed by atoms with E-state index in [1.165, 1.54) is 76.7 Å². The normalized spacial score (nSPS) is 12.8. The van der Waals surface area contributed by atoms with Gasteiger partial charge in [0.15, 0.2) is 0 Å². The molecule has 0 bridgehead atoms. The van der Waals surface area contributed by atoms with Gasteiger partial charge in [0, 0.05) is 6.08 Å². The molecule has 26 heavy (non-hydrogen) atoms. The molecule has 0 aromatic carbocycles. The van der Waals surface area contributed by atoms with Crippen LogP contribution < -0.4 is 0 Å². The van der Waals surface area contributed by atoms with Gasteiger partial charge in [-0.25, -0.2) is 4.79 Å². The molecule has 0 fully saturated rings. The summed E-state index contributed by atoms with van der Waals surface area (Å²) < 4.78 is 18.6. The zero-order chi connectivity index (χ0) is 19.7. The zero-order valence-electron chi connectivity index (χ0n) is 17.7. The molecule has 0 saturated heterocycles. The van der Waals surface area contributed by atoms with Gasteiger partial charge in [-0.1, -0.05) is 83.6 Å². The van der Waals surface area contributed by atoms with Crippen LogP contribution in [0.25, 0.3) is 0 Å². The molecule has 0 spiro atoms. The van der Waals surface area contributed by atoms with Crippen LogP contribution in [0.3, 0.4) is 0 Å². The maximum absolute atomic E-state index is 13.4. The summed E-state index contributed by atoms with van der Waals surface area (Å²) in [4.78, 5) is 11.1. The summed E-state index contributed by atoms with van der Waals surface area (Å²) in [7, 11) is -2.30. The highest BCUT2D eigenvalue weighted by Gasteiger charge is 2.18. The van der Waals surface area contributed by atoms with E-state index in [2.05, 4.69) is 6.58 Å². The van der Waals surface area contributed by atoms with Gasteiger partial charge in [-0.05, 0) is 38.9 Å². The zero-order valence-corrected chi connectivity index (χ0v) is 18.7. The summed E-state index contributed by atoms with van der Waals surface area (Å²) in [5, 5.41) is 0. The van der Waals surface area contributed by atoms with Crippen molar-refractivity contribution in [3.63, 3.8) is 0 Å². The van der Waals surface area contributed by atoms with E-state index in [9.17, 15) is 8.90 Å². The van der Waals surface area contributed by atoms with Crippen LogP contribution in [-0.2, 0) is 9.53 Å². The molecule has 0 rings (SSSR count). The number of esters is 1. The fourth-order valence-corrected chi connectivity index (χ4v) is 4.32. The quantitative estimate of drug-likeness (QED) is 0.0791. The third kappa shape index (κ3) is 19.7. The molecule has 1 atom stereocenters. The molecular weight excluding hydrogens is 343 g/mol. The van der Waals surface area contributed by atoms with Crippen molar-refractivity contribution in [2.24, 2.45) is 0 Å². The van der Waals surface area contributed by atoms with Crippen LogP contribution in [0.15, 0.2) is 12.7 Å². The lowest BCUT2D eigenvalue weighted by Gasteiger charge is -2.11. The molecule has 154 valence electrons. The van der Waals surface area contributed by atoms with Crippen molar-refractivity contribution < 1.29 is 13.6 Å². The number of unbranched alkanes of at least 4 members (excludes halogenated alkanes) is 12. The highest BCUT2D eigenvalue weighted by molar-refractivity contribution is 6.70. The third-order valence-corrected chi connectivity index (χ3v) is 6.41. The lowest BCUT2D eigenvalue weighted by molar-refractivity contribution is -0.142. The first-order valence-electron chi connectivity index (χ1n) is 10.9. The van der Waals surface area contributed by atoms with E-state index >= 15 is 0 Å². The van der Waals surface area contributed by atoms with Gasteiger partial charge >= 0.3 is 5.97 Å². The van der Waals surface area contributed by atoms with E-state index in [0.29, 0.717) is 0 Å². The Labute approximate surface area is 163 Å². The summed E-state index contributed by atoms with van der Waals surface area (Å²) in [5.41, 5.74) is 0. The SMILES string of the molecule is C=CC(=O)OC(C)CCCCCCCCCCCCCCC[Si](C)(C)F. The second-order valence-corrected chi connectivity index (χ2v) is 12.2. The Morgan fingerprint density at radius 3 is 1.65 bits per heavy atom. The van der Waals surface area contributed by atoms with Crippen molar-refractivity contribution in [1.29, 1.82) is 0 Å². The number of carbonyl (C=O) groups is 1. The minimum absolute atomic E-state index is 0.00559. The van der Waals surface area contributed by atoms with Gasteiger partial charge in [-0.2, -0.15) is 0 Å². The van der Waals surface area contributed by atoms with Gasteiger partial charge in [0.1, 0.15) is 0 Å². The molecule has 0 aliphatic rings. The van der Waals surface area contributed by atoms with Crippen LogP contribution in [0.2, 0.25) is 19.1 Å². The van der Waals surface area contributed by atoms with Gasteiger partial charge in [0.05, 0.1) is 6.10 Å². The van der Waals surface area contributed by atoms with Gasteiger partial charge in [0.25, 0.3) is 0 Å². The van der Waals surface area contributed by atoms with Crippen LogP contribution >= 0.6 is 0 Å². The first kappa shape index (κ1) is 25.4. The summed E-state index contributed by atoms with van der Waals surface area (Å²) in [6.45, 7) is 8.99. The largest absolute Gasteiger partial charge is 0.460 e. The average molecular weight is 387 g/mol. The van der Waals surface area contributed by atoms with Crippen molar-refractivity contribution >= 4 is 14.4 Å². The number of ether oxygens (including phenoxy) is 1. The minimum Gasteiger partial charge on any atom is -0.460 e. The van der Waals surface area contributed by atoms with Gasteiger partial charge in [-0.15, -0.1) is 0 Å². The minimum atomic E-state index is -2.30. The monoisotopic (exact) mass is 386 g/mol. The predicted molar refractivity (Wildman–Crippen MR) is 114 cm³/mol. The summed E-state index contributed by atoms with van der Waals surface area (Å²) in [6.07, 6.45) is 18.8. The van der Waals surface area contributed by atoms with Gasteiger partial charge < -0.3 is 8.84 Å². The smallest absolute Gasteiger partial charge is 0.330 e. The van der Waals surface area contributed by atoms with Crippen molar-refractivity contribution in [3.8, 4) is 0 Å². The Balaban J connectivity index is 3.18. The average Bonchev–Trinajstić information content (AvgIpc) is 2.57. The highest BCUT2D eigenvalue weighted by atomic mass is 28.4. The Morgan fingerprint density at radius 2 is 1.27 bits per heavy atom. The highest BCUT2D eigenvalue weighted by Crippen LogP contribution is 2.17. The van der Waals surface area contributed by atoms with Crippen molar-refractivity contribution in [2.75, 3.05) is 0 Å². The molecule has 1 unspecified atom stereocenters. The molecule has 0 heterocycles. The summed E-state index contributed by atoms with van der Waals surface area (Å²) in [6, 6.07) is 0.839. The van der Waals surface area contributed by atoms with Crippen molar-refractivity contribution in [1.82, 2.24) is 0 Å². The lowest BCUT2D eigenvalue weighted by atomic mass is 10.0. The summed E-state index contributed by atoms with van der Waals surface area (Å²) >= 11 is 0. The molecule has 0 aromatic rings. The lowest BCUT2D eigenvalue weighted by Crippen LogP contribution is -2.16. The van der Waals surface area contributed by atoms with E-state index in [0.717, 1.165) is 25.3 Å². The van der Waals surface area contributed by atoms with Gasteiger partial charge in [0.2, 0.25) is 8.41 Å². The molecule has 2 nitrogen and oxygen atoms in total. The van der Waals surface area contributed by atoms with Crippen LogP contribution in [0.5, 0.6) is 0 Å². The Hall–Kier alpha value is -0.643. The standard InChI is InChI=1S/C22H43FO2Si/c1-5-22(24)25-21(2)19-17-15-13-11-9-7-6-8-10-12-14-16-18-20-26(3,4)23/h5,21H,1,6-20H2,2-4H3.